The summed E-state index contributed by atoms with van der Waals surface area (Å²) in [6, 6.07) is 5.81. The number of hydrogen-bond acceptors (Lipinski definition) is 3. The highest BCUT2D eigenvalue weighted by atomic mass is 16.3. The molecule has 5 nitrogen and oxygen atoms in total. The number of rotatable bonds is 5. The van der Waals surface area contributed by atoms with Crippen LogP contribution in [0.4, 0.5) is 0 Å². The summed E-state index contributed by atoms with van der Waals surface area (Å²) in [5.41, 5.74) is 2.87. The second kappa shape index (κ2) is 5.64. The Morgan fingerprint density at radius 2 is 2.39 bits per heavy atom. The number of carbonyl (C=O) groups is 1. The number of amides is 1. The van der Waals surface area contributed by atoms with Crippen LogP contribution in [0.5, 0.6) is 0 Å². The van der Waals surface area contributed by atoms with Crippen LogP contribution in [0.2, 0.25) is 0 Å². The third-order valence-electron chi connectivity index (χ3n) is 3.04. The molecule has 0 saturated carbocycles. The van der Waals surface area contributed by atoms with Gasteiger partial charge in [-0.15, -0.1) is 0 Å². The monoisotopic (exact) mass is 247 g/mol. The number of H-pyrrole nitrogens is 1. The van der Waals surface area contributed by atoms with Gasteiger partial charge in [-0.05, 0) is 24.1 Å². The number of carbonyl (C=O) groups excluding carboxylic acids is 1. The molecule has 0 radical (unpaired) electrons. The zero-order chi connectivity index (χ0) is 13.0. The van der Waals surface area contributed by atoms with Gasteiger partial charge in [0.25, 0.3) is 0 Å². The normalized spacial score (nSPS) is 12.6. The van der Waals surface area contributed by atoms with E-state index in [4.69, 9.17) is 5.11 Å². The Balaban J connectivity index is 1.99. The largest absolute Gasteiger partial charge is 0.396 e. The van der Waals surface area contributed by atoms with E-state index in [1.807, 2.05) is 25.1 Å². The summed E-state index contributed by atoms with van der Waals surface area (Å²) in [5.74, 6) is -0.425. The van der Waals surface area contributed by atoms with Gasteiger partial charge in [0.2, 0.25) is 5.91 Å². The van der Waals surface area contributed by atoms with Crippen LogP contribution in [0.25, 0.3) is 11.0 Å². The number of benzene rings is 1. The highest BCUT2D eigenvalue weighted by molar-refractivity contribution is 5.79. The minimum absolute atomic E-state index is 0.107. The molecular weight excluding hydrogens is 230 g/mol. The highest BCUT2D eigenvalue weighted by Crippen LogP contribution is 2.11. The van der Waals surface area contributed by atoms with Crippen LogP contribution in [-0.4, -0.2) is 27.6 Å². The lowest BCUT2D eigenvalue weighted by atomic mass is 10.1. The summed E-state index contributed by atoms with van der Waals surface area (Å²) in [6.45, 7) is 2.24. The SMILES string of the molecule is CCC(CO)C(=O)NCc1ccc2nc[nH]c2c1. The predicted octanol–water partition coefficient (Wildman–Crippen LogP) is 1.20. The summed E-state index contributed by atoms with van der Waals surface area (Å²) in [6.07, 6.45) is 2.29. The van der Waals surface area contributed by atoms with E-state index in [0.29, 0.717) is 13.0 Å². The van der Waals surface area contributed by atoms with Gasteiger partial charge in [-0.2, -0.15) is 0 Å². The number of aromatic amines is 1. The molecule has 0 aliphatic rings. The lowest BCUT2D eigenvalue weighted by molar-refractivity contribution is -0.126. The first-order chi connectivity index (χ1) is 8.74. The van der Waals surface area contributed by atoms with Crippen LogP contribution >= 0.6 is 0 Å². The predicted molar refractivity (Wildman–Crippen MR) is 68.8 cm³/mol. The minimum atomic E-state index is -0.319. The van der Waals surface area contributed by atoms with Crippen LogP contribution in [-0.2, 0) is 11.3 Å². The lowest BCUT2D eigenvalue weighted by Gasteiger charge is -2.12. The Kier molecular flexibility index (Phi) is 3.94. The van der Waals surface area contributed by atoms with E-state index in [1.165, 1.54) is 0 Å². The Hall–Kier alpha value is -1.88. The molecule has 96 valence electrons. The van der Waals surface area contributed by atoms with Gasteiger partial charge < -0.3 is 15.4 Å². The van der Waals surface area contributed by atoms with Crippen molar-refractivity contribution in [2.45, 2.75) is 19.9 Å². The Morgan fingerprint density at radius 3 is 3.11 bits per heavy atom. The van der Waals surface area contributed by atoms with Crippen LogP contribution in [0.1, 0.15) is 18.9 Å². The summed E-state index contributed by atoms with van der Waals surface area (Å²) in [5, 5.41) is 11.9. The maximum Gasteiger partial charge on any atom is 0.225 e. The number of aliphatic hydroxyl groups is 1. The second-order valence-corrected chi connectivity index (χ2v) is 4.26. The number of aromatic nitrogens is 2. The summed E-state index contributed by atoms with van der Waals surface area (Å²) in [4.78, 5) is 18.9. The molecule has 0 bridgehead atoms. The lowest BCUT2D eigenvalue weighted by Crippen LogP contribution is -2.31. The van der Waals surface area contributed by atoms with E-state index in [-0.39, 0.29) is 18.4 Å². The van der Waals surface area contributed by atoms with Crippen molar-refractivity contribution in [3.8, 4) is 0 Å². The third kappa shape index (κ3) is 2.68. The van der Waals surface area contributed by atoms with Gasteiger partial charge in [0, 0.05) is 6.54 Å². The van der Waals surface area contributed by atoms with Crippen molar-refractivity contribution in [1.29, 1.82) is 0 Å². The van der Waals surface area contributed by atoms with Gasteiger partial charge in [-0.1, -0.05) is 13.0 Å². The molecule has 0 fully saturated rings. The van der Waals surface area contributed by atoms with E-state index in [0.717, 1.165) is 16.6 Å². The molecule has 1 heterocycles. The molecular formula is C13H17N3O2. The second-order valence-electron chi connectivity index (χ2n) is 4.26. The van der Waals surface area contributed by atoms with Gasteiger partial charge in [0.1, 0.15) is 0 Å². The number of nitrogens with one attached hydrogen (secondary N) is 2. The first-order valence-corrected chi connectivity index (χ1v) is 6.05. The molecule has 0 spiro atoms. The zero-order valence-electron chi connectivity index (χ0n) is 10.3. The maximum atomic E-state index is 11.7. The van der Waals surface area contributed by atoms with Crippen molar-refractivity contribution in [2.75, 3.05) is 6.61 Å². The minimum Gasteiger partial charge on any atom is -0.396 e. The van der Waals surface area contributed by atoms with Crippen molar-refractivity contribution in [3.63, 3.8) is 0 Å². The summed E-state index contributed by atoms with van der Waals surface area (Å²) in [7, 11) is 0. The average Bonchev–Trinajstić information content (AvgIpc) is 2.85. The summed E-state index contributed by atoms with van der Waals surface area (Å²) >= 11 is 0. The van der Waals surface area contributed by atoms with Gasteiger partial charge >= 0.3 is 0 Å². The molecule has 1 unspecified atom stereocenters. The first-order valence-electron chi connectivity index (χ1n) is 6.05. The number of fused-ring (bicyclic) bond motifs is 1. The molecule has 5 heteroatoms. The van der Waals surface area contributed by atoms with Crippen LogP contribution in [0, 0.1) is 5.92 Å². The Morgan fingerprint density at radius 1 is 1.56 bits per heavy atom. The molecule has 2 rings (SSSR count). The van der Waals surface area contributed by atoms with Crippen molar-refractivity contribution >= 4 is 16.9 Å². The Labute approximate surface area is 105 Å². The molecule has 1 amide bonds. The molecule has 3 N–H and O–H groups in total. The fourth-order valence-electron chi connectivity index (χ4n) is 1.82. The smallest absolute Gasteiger partial charge is 0.225 e. The fourth-order valence-corrected chi connectivity index (χ4v) is 1.82. The molecule has 1 aromatic heterocycles. The zero-order valence-corrected chi connectivity index (χ0v) is 10.3. The van der Waals surface area contributed by atoms with Crippen molar-refractivity contribution in [1.82, 2.24) is 15.3 Å². The van der Waals surface area contributed by atoms with Crippen molar-refractivity contribution < 1.29 is 9.90 Å². The molecule has 1 aromatic carbocycles. The van der Waals surface area contributed by atoms with E-state index in [1.54, 1.807) is 6.33 Å². The number of aliphatic hydroxyl groups excluding tert-OH is 1. The maximum absolute atomic E-state index is 11.7. The van der Waals surface area contributed by atoms with E-state index >= 15 is 0 Å². The van der Waals surface area contributed by atoms with E-state index in [9.17, 15) is 4.79 Å². The Bertz CT molecular complexity index is 532. The first kappa shape index (κ1) is 12.6. The quantitative estimate of drug-likeness (QED) is 0.743. The topological polar surface area (TPSA) is 78.0 Å². The standard InChI is InChI=1S/C13H17N3O2/c1-2-10(7-17)13(18)14-6-9-3-4-11-12(5-9)16-8-15-11/h3-5,8,10,17H,2,6-7H2,1H3,(H,14,18)(H,15,16). The molecule has 0 saturated heterocycles. The van der Waals surface area contributed by atoms with Gasteiger partial charge in [-0.25, -0.2) is 4.98 Å². The average molecular weight is 247 g/mol. The van der Waals surface area contributed by atoms with Crippen molar-refractivity contribution in [3.05, 3.63) is 30.1 Å². The van der Waals surface area contributed by atoms with Gasteiger partial charge in [0.15, 0.2) is 0 Å². The highest BCUT2D eigenvalue weighted by Gasteiger charge is 2.14. The number of hydrogen-bond donors (Lipinski definition) is 3. The van der Waals surface area contributed by atoms with Crippen LogP contribution in [0.3, 0.4) is 0 Å². The number of imidazole rings is 1. The fraction of sp³-hybridized carbons (Fsp3) is 0.385. The van der Waals surface area contributed by atoms with Gasteiger partial charge in [0.05, 0.1) is 29.9 Å². The van der Waals surface area contributed by atoms with E-state index < -0.39 is 0 Å². The molecule has 18 heavy (non-hydrogen) atoms. The van der Waals surface area contributed by atoms with Crippen LogP contribution < -0.4 is 5.32 Å². The molecule has 1 atom stereocenters. The van der Waals surface area contributed by atoms with Crippen LogP contribution in [0.15, 0.2) is 24.5 Å². The molecule has 0 aliphatic carbocycles. The van der Waals surface area contributed by atoms with E-state index in [2.05, 4.69) is 15.3 Å². The third-order valence-corrected chi connectivity index (χ3v) is 3.04. The molecule has 2 aromatic rings. The van der Waals surface area contributed by atoms with Gasteiger partial charge in [-0.3, -0.25) is 4.79 Å². The van der Waals surface area contributed by atoms with Crippen molar-refractivity contribution in [2.24, 2.45) is 5.92 Å². The number of nitrogens with zero attached hydrogens (tertiary/aromatic N) is 1. The molecule has 0 aliphatic heterocycles. The summed E-state index contributed by atoms with van der Waals surface area (Å²) < 4.78 is 0.